The summed E-state index contributed by atoms with van der Waals surface area (Å²) >= 11 is 0. The van der Waals surface area contributed by atoms with Crippen molar-refractivity contribution in [2.75, 3.05) is 7.05 Å². The number of nitrogens with zero attached hydrogens (tertiary/aromatic N) is 3. The van der Waals surface area contributed by atoms with Crippen molar-refractivity contribution in [3.8, 4) is 0 Å². The van der Waals surface area contributed by atoms with Crippen molar-refractivity contribution in [2.45, 2.75) is 26.4 Å². The Kier molecular flexibility index (Phi) is 4.70. The number of nitrogens with two attached hydrogens (primary N) is 1. The number of aryl methyl sites for hydroxylation is 1. The van der Waals surface area contributed by atoms with E-state index in [4.69, 9.17) is 10.3 Å². The Morgan fingerprint density at radius 3 is 2.62 bits per heavy atom. The van der Waals surface area contributed by atoms with E-state index in [1.54, 1.807) is 18.9 Å². The minimum Gasteiger partial charge on any atom is -0.340 e. The lowest BCUT2D eigenvalue weighted by Crippen LogP contribution is -2.36. The molecule has 2 rings (SSSR count). The topological polar surface area (TPSA) is 85.2 Å². The van der Waals surface area contributed by atoms with E-state index in [9.17, 15) is 4.79 Å². The summed E-state index contributed by atoms with van der Waals surface area (Å²) in [6, 6.07) is 9.27. The standard InChI is InChI=1S/C15H20N4O2/c1-10(14(16)12-7-5-4-6-8-12)15(20)19(3)9-13-17-11(2)21-18-13/h4-8,10,14H,9,16H2,1-3H3. The van der Waals surface area contributed by atoms with E-state index < -0.39 is 0 Å². The second-order valence-corrected chi connectivity index (χ2v) is 5.15. The zero-order chi connectivity index (χ0) is 15.4. The number of aromatic nitrogens is 2. The summed E-state index contributed by atoms with van der Waals surface area (Å²) in [5, 5.41) is 3.79. The van der Waals surface area contributed by atoms with Crippen LogP contribution in [0.1, 0.15) is 30.2 Å². The van der Waals surface area contributed by atoms with Crippen molar-refractivity contribution in [2.24, 2.45) is 11.7 Å². The molecule has 0 saturated carbocycles. The molecule has 0 bridgehead atoms. The van der Waals surface area contributed by atoms with Gasteiger partial charge in [0.05, 0.1) is 12.5 Å². The van der Waals surface area contributed by atoms with Crippen LogP contribution in [-0.4, -0.2) is 28.0 Å². The highest BCUT2D eigenvalue weighted by atomic mass is 16.5. The van der Waals surface area contributed by atoms with Crippen molar-refractivity contribution in [1.82, 2.24) is 15.0 Å². The van der Waals surface area contributed by atoms with Crippen LogP contribution in [0.25, 0.3) is 0 Å². The molecule has 0 spiro atoms. The van der Waals surface area contributed by atoms with Gasteiger partial charge in [0, 0.05) is 20.0 Å². The fourth-order valence-corrected chi connectivity index (χ4v) is 2.16. The smallest absolute Gasteiger partial charge is 0.227 e. The maximum Gasteiger partial charge on any atom is 0.227 e. The van der Waals surface area contributed by atoms with E-state index in [1.165, 1.54) is 0 Å². The second kappa shape index (κ2) is 6.49. The third-order valence-corrected chi connectivity index (χ3v) is 3.44. The maximum absolute atomic E-state index is 12.4. The van der Waals surface area contributed by atoms with E-state index in [2.05, 4.69) is 10.1 Å². The fourth-order valence-electron chi connectivity index (χ4n) is 2.16. The molecule has 6 heteroatoms. The van der Waals surface area contributed by atoms with Crippen LogP contribution in [0.3, 0.4) is 0 Å². The van der Waals surface area contributed by atoms with Crippen molar-refractivity contribution >= 4 is 5.91 Å². The van der Waals surface area contributed by atoms with Gasteiger partial charge in [-0.2, -0.15) is 4.98 Å². The highest BCUT2D eigenvalue weighted by Crippen LogP contribution is 2.21. The largest absolute Gasteiger partial charge is 0.340 e. The lowest BCUT2D eigenvalue weighted by molar-refractivity contribution is -0.135. The Morgan fingerprint density at radius 2 is 2.05 bits per heavy atom. The molecule has 1 aromatic carbocycles. The van der Waals surface area contributed by atoms with Gasteiger partial charge in [0.15, 0.2) is 5.82 Å². The SMILES string of the molecule is Cc1nc(CN(C)C(=O)C(C)C(N)c2ccccc2)no1. The number of benzene rings is 1. The van der Waals surface area contributed by atoms with Crippen molar-refractivity contribution in [1.29, 1.82) is 0 Å². The molecule has 112 valence electrons. The van der Waals surface area contributed by atoms with Crippen LogP contribution >= 0.6 is 0 Å². The van der Waals surface area contributed by atoms with Gasteiger partial charge >= 0.3 is 0 Å². The van der Waals surface area contributed by atoms with E-state index in [0.717, 1.165) is 5.56 Å². The van der Waals surface area contributed by atoms with Crippen LogP contribution in [0.4, 0.5) is 0 Å². The molecule has 0 fully saturated rings. The quantitative estimate of drug-likeness (QED) is 0.904. The highest BCUT2D eigenvalue weighted by molar-refractivity contribution is 5.79. The van der Waals surface area contributed by atoms with Gasteiger partial charge in [0.1, 0.15) is 0 Å². The molecular weight excluding hydrogens is 268 g/mol. The lowest BCUT2D eigenvalue weighted by atomic mass is 9.94. The van der Waals surface area contributed by atoms with Gasteiger partial charge in [-0.25, -0.2) is 0 Å². The zero-order valence-corrected chi connectivity index (χ0v) is 12.5. The molecular formula is C15H20N4O2. The zero-order valence-electron chi connectivity index (χ0n) is 12.5. The Morgan fingerprint density at radius 1 is 1.38 bits per heavy atom. The monoisotopic (exact) mass is 288 g/mol. The highest BCUT2D eigenvalue weighted by Gasteiger charge is 2.25. The fraction of sp³-hybridized carbons (Fsp3) is 0.400. The first-order valence-electron chi connectivity index (χ1n) is 6.83. The molecule has 0 aliphatic rings. The van der Waals surface area contributed by atoms with Gasteiger partial charge in [0.2, 0.25) is 11.8 Å². The summed E-state index contributed by atoms with van der Waals surface area (Å²) in [6.45, 7) is 3.85. The van der Waals surface area contributed by atoms with Crippen LogP contribution in [0.5, 0.6) is 0 Å². The second-order valence-electron chi connectivity index (χ2n) is 5.15. The van der Waals surface area contributed by atoms with E-state index in [1.807, 2.05) is 37.3 Å². The summed E-state index contributed by atoms with van der Waals surface area (Å²) in [5.41, 5.74) is 7.12. The Labute approximate surface area is 123 Å². The number of carbonyl (C=O) groups is 1. The van der Waals surface area contributed by atoms with E-state index in [0.29, 0.717) is 18.3 Å². The van der Waals surface area contributed by atoms with Crippen molar-refractivity contribution < 1.29 is 9.32 Å². The van der Waals surface area contributed by atoms with Gasteiger partial charge in [-0.3, -0.25) is 4.79 Å². The number of rotatable bonds is 5. The third-order valence-electron chi connectivity index (χ3n) is 3.44. The first-order chi connectivity index (χ1) is 9.99. The molecule has 2 unspecified atom stereocenters. The van der Waals surface area contributed by atoms with Crippen LogP contribution in [0, 0.1) is 12.8 Å². The van der Waals surface area contributed by atoms with Crippen LogP contribution in [-0.2, 0) is 11.3 Å². The number of carbonyl (C=O) groups excluding carboxylic acids is 1. The third kappa shape index (κ3) is 3.66. The summed E-state index contributed by atoms with van der Waals surface area (Å²) in [4.78, 5) is 18.1. The summed E-state index contributed by atoms with van der Waals surface area (Å²) in [7, 11) is 1.71. The normalized spacial score (nSPS) is 13.7. The van der Waals surface area contributed by atoms with E-state index >= 15 is 0 Å². The van der Waals surface area contributed by atoms with Gasteiger partial charge in [-0.05, 0) is 5.56 Å². The minimum atomic E-state index is -0.340. The molecule has 2 atom stereocenters. The molecule has 0 radical (unpaired) electrons. The van der Waals surface area contributed by atoms with Gasteiger partial charge in [-0.1, -0.05) is 42.4 Å². The van der Waals surface area contributed by atoms with Gasteiger partial charge in [0.25, 0.3) is 0 Å². The predicted molar refractivity (Wildman–Crippen MR) is 78.0 cm³/mol. The van der Waals surface area contributed by atoms with E-state index in [-0.39, 0.29) is 17.9 Å². The predicted octanol–water partition coefficient (Wildman–Crippen LogP) is 1.67. The summed E-state index contributed by atoms with van der Waals surface area (Å²) < 4.78 is 4.90. The Hall–Kier alpha value is -2.21. The molecule has 0 aliphatic heterocycles. The first kappa shape index (κ1) is 15.2. The first-order valence-corrected chi connectivity index (χ1v) is 6.83. The molecule has 6 nitrogen and oxygen atoms in total. The summed E-state index contributed by atoms with van der Waals surface area (Å²) in [6.07, 6.45) is 0. The van der Waals surface area contributed by atoms with Gasteiger partial charge < -0.3 is 15.2 Å². The number of amides is 1. The average molecular weight is 288 g/mol. The molecule has 1 amide bonds. The molecule has 21 heavy (non-hydrogen) atoms. The average Bonchev–Trinajstić information content (AvgIpc) is 2.90. The lowest BCUT2D eigenvalue weighted by Gasteiger charge is -2.24. The minimum absolute atomic E-state index is 0.0474. The maximum atomic E-state index is 12.4. The number of hydrogen-bond donors (Lipinski definition) is 1. The number of hydrogen-bond acceptors (Lipinski definition) is 5. The van der Waals surface area contributed by atoms with Crippen LogP contribution < -0.4 is 5.73 Å². The molecule has 2 N–H and O–H groups in total. The van der Waals surface area contributed by atoms with Crippen LogP contribution in [0.2, 0.25) is 0 Å². The molecule has 0 aliphatic carbocycles. The van der Waals surface area contributed by atoms with Gasteiger partial charge in [-0.15, -0.1) is 0 Å². The molecule has 2 aromatic rings. The molecule has 1 heterocycles. The van der Waals surface area contributed by atoms with Crippen molar-refractivity contribution in [3.63, 3.8) is 0 Å². The Balaban J connectivity index is 2.01. The summed E-state index contributed by atoms with van der Waals surface area (Å²) in [5.74, 6) is 0.600. The van der Waals surface area contributed by atoms with Crippen molar-refractivity contribution in [3.05, 3.63) is 47.6 Å². The molecule has 0 saturated heterocycles. The van der Waals surface area contributed by atoms with Crippen LogP contribution in [0.15, 0.2) is 34.9 Å². The molecule has 1 aromatic heterocycles. The Bertz CT molecular complexity index is 597.